The van der Waals surface area contributed by atoms with Crippen molar-refractivity contribution in [1.29, 1.82) is 0 Å². The van der Waals surface area contributed by atoms with Gasteiger partial charge in [-0.15, -0.1) is 0 Å². The summed E-state index contributed by atoms with van der Waals surface area (Å²) in [6.45, 7) is 3.35. The molecule has 0 atom stereocenters. The Morgan fingerprint density at radius 3 is 2.39 bits per heavy atom. The van der Waals surface area contributed by atoms with E-state index in [1.807, 2.05) is 0 Å². The zero-order valence-corrected chi connectivity index (χ0v) is 13.6. The SMILES string of the molecule is COC(=O)c1ccc(NC(=O)NC(C)(C)CC(N)=O)c(OC)c1. The van der Waals surface area contributed by atoms with E-state index < -0.39 is 23.4 Å². The largest absolute Gasteiger partial charge is 0.495 e. The van der Waals surface area contributed by atoms with E-state index in [4.69, 9.17) is 10.5 Å². The summed E-state index contributed by atoms with van der Waals surface area (Å²) >= 11 is 0. The number of carbonyl (C=O) groups is 3. The van der Waals surface area contributed by atoms with Gasteiger partial charge in [0.2, 0.25) is 5.91 Å². The van der Waals surface area contributed by atoms with E-state index >= 15 is 0 Å². The fourth-order valence-electron chi connectivity index (χ4n) is 1.98. The molecule has 0 radical (unpaired) electrons. The first-order chi connectivity index (χ1) is 10.7. The second kappa shape index (κ2) is 7.48. The molecule has 0 aliphatic heterocycles. The van der Waals surface area contributed by atoms with Crippen LogP contribution in [0.25, 0.3) is 0 Å². The number of primary amides is 1. The van der Waals surface area contributed by atoms with Crippen molar-refractivity contribution in [3.8, 4) is 5.75 Å². The summed E-state index contributed by atoms with van der Waals surface area (Å²) in [4.78, 5) is 34.5. The average Bonchev–Trinajstić information content (AvgIpc) is 2.44. The van der Waals surface area contributed by atoms with Crippen LogP contribution in [-0.4, -0.2) is 37.7 Å². The summed E-state index contributed by atoms with van der Waals surface area (Å²) < 4.78 is 9.77. The van der Waals surface area contributed by atoms with Gasteiger partial charge in [-0.25, -0.2) is 9.59 Å². The fraction of sp³-hybridized carbons (Fsp3) is 0.400. The lowest BCUT2D eigenvalue weighted by Crippen LogP contribution is -2.47. The highest BCUT2D eigenvalue weighted by atomic mass is 16.5. The Balaban J connectivity index is 2.86. The Hall–Kier alpha value is -2.77. The molecule has 0 bridgehead atoms. The van der Waals surface area contributed by atoms with Crippen LogP contribution in [-0.2, 0) is 9.53 Å². The number of rotatable bonds is 6. The first-order valence-corrected chi connectivity index (χ1v) is 6.82. The van der Waals surface area contributed by atoms with E-state index in [0.29, 0.717) is 17.0 Å². The molecule has 4 N–H and O–H groups in total. The molecule has 0 unspecified atom stereocenters. The number of anilines is 1. The predicted molar refractivity (Wildman–Crippen MR) is 84.4 cm³/mol. The standard InChI is InChI=1S/C15H21N3O5/c1-15(2,8-12(16)19)18-14(21)17-10-6-5-9(13(20)23-4)7-11(10)22-3/h5-7H,8H2,1-4H3,(H2,16,19)(H2,17,18,21). The van der Waals surface area contributed by atoms with Gasteiger partial charge in [0.15, 0.2) is 0 Å². The molecule has 0 aliphatic carbocycles. The van der Waals surface area contributed by atoms with Gasteiger partial charge < -0.3 is 25.8 Å². The number of urea groups is 1. The van der Waals surface area contributed by atoms with Crippen LogP contribution >= 0.6 is 0 Å². The van der Waals surface area contributed by atoms with E-state index in [1.165, 1.54) is 32.4 Å². The maximum absolute atomic E-state index is 12.0. The highest BCUT2D eigenvalue weighted by Crippen LogP contribution is 2.26. The molecule has 0 saturated heterocycles. The number of hydrogen-bond donors (Lipinski definition) is 3. The minimum Gasteiger partial charge on any atom is -0.495 e. The molecule has 8 nitrogen and oxygen atoms in total. The molecule has 0 aliphatic rings. The number of amides is 3. The predicted octanol–water partition coefficient (Wildman–Crippen LogP) is 1.26. The van der Waals surface area contributed by atoms with Gasteiger partial charge in [0.05, 0.1) is 25.5 Å². The van der Waals surface area contributed by atoms with Gasteiger partial charge in [0.25, 0.3) is 0 Å². The number of nitrogens with two attached hydrogens (primary N) is 1. The van der Waals surface area contributed by atoms with Crippen LogP contribution < -0.4 is 21.1 Å². The van der Waals surface area contributed by atoms with Gasteiger partial charge in [-0.2, -0.15) is 0 Å². The topological polar surface area (TPSA) is 120 Å². The van der Waals surface area contributed by atoms with Crippen LogP contribution in [0.15, 0.2) is 18.2 Å². The van der Waals surface area contributed by atoms with Crippen molar-refractivity contribution in [1.82, 2.24) is 5.32 Å². The molecule has 126 valence electrons. The highest BCUT2D eigenvalue weighted by molar-refractivity contribution is 5.94. The van der Waals surface area contributed by atoms with E-state index in [2.05, 4.69) is 15.4 Å². The quantitative estimate of drug-likeness (QED) is 0.681. The summed E-state index contributed by atoms with van der Waals surface area (Å²) in [6.07, 6.45) is -0.00116. The Morgan fingerprint density at radius 2 is 1.87 bits per heavy atom. The smallest absolute Gasteiger partial charge is 0.337 e. The number of nitrogens with one attached hydrogen (secondary N) is 2. The van der Waals surface area contributed by atoms with E-state index in [1.54, 1.807) is 13.8 Å². The van der Waals surface area contributed by atoms with Gasteiger partial charge >= 0.3 is 12.0 Å². The van der Waals surface area contributed by atoms with Crippen LogP contribution in [0, 0.1) is 0 Å². The molecule has 23 heavy (non-hydrogen) atoms. The van der Waals surface area contributed by atoms with E-state index in [-0.39, 0.29) is 6.42 Å². The lowest BCUT2D eigenvalue weighted by molar-refractivity contribution is -0.119. The van der Waals surface area contributed by atoms with Gasteiger partial charge in [-0.1, -0.05) is 0 Å². The normalized spacial score (nSPS) is 10.6. The summed E-state index contributed by atoms with van der Waals surface area (Å²) in [5.74, 6) is -0.729. The van der Waals surface area contributed by atoms with E-state index in [0.717, 1.165) is 0 Å². The van der Waals surface area contributed by atoms with Crippen molar-refractivity contribution in [2.45, 2.75) is 25.8 Å². The molecular weight excluding hydrogens is 302 g/mol. The maximum atomic E-state index is 12.0. The zero-order valence-electron chi connectivity index (χ0n) is 13.6. The fourth-order valence-corrected chi connectivity index (χ4v) is 1.98. The monoisotopic (exact) mass is 323 g/mol. The maximum Gasteiger partial charge on any atom is 0.337 e. The lowest BCUT2D eigenvalue weighted by Gasteiger charge is -2.25. The third kappa shape index (κ3) is 5.50. The zero-order chi connectivity index (χ0) is 17.6. The van der Waals surface area contributed by atoms with Crippen LogP contribution in [0.4, 0.5) is 10.5 Å². The molecule has 1 aromatic rings. The Labute approximate surface area is 134 Å². The molecule has 0 fully saturated rings. The average molecular weight is 323 g/mol. The van der Waals surface area contributed by atoms with Gasteiger partial charge in [0, 0.05) is 12.0 Å². The van der Waals surface area contributed by atoms with Crippen molar-refractivity contribution in [2.24, 2.45) is 5.73 Å². The second-order valence-corrected chi connectivity index (χ2v) is 5.51. The van der Waals surface area contributed by atoms with Crippen molar-refractivity contribution in [3.63, 3.8) is 0 Å². The van der Waals surface area contributed by atoms with E-state index in [9.17, 15) is 14.4 Å². The highest BCUT2D eigenvalue weighted by Gasteiger charge is 2.23. The molecule has 0 saturated carbocycles. The number of hydrogen-bond acceptors (Lipinski definition) is 5. The Kier molecular flexibility index (Phi) is 5.94. The van der Waals surface area contributed by atoms with Crippen molar-refractivity contribution >= 4 is 23.6 Å². The molecule has 0 spiro atoms. The number of esters is 1. The minimum atomic E-state index is -0.797. The van der Waals surface area contributed by atoms with Gasteiger partial charge in [0.1, 0.15) is 5.75 Å². The number of carbonyl (C=O) groups excluding carboxylic acids is 3. The first kappa shape index (κ1) is 18.3. The van der Waals surface area contributed by atoms with Crippen LogP contribution in [0.1, 0.15) is 30.6 Å². The van der Waals surface area contributed by atoms with Crippen LogP contribution in [0.2, 0.25) is 0 Å². The number of ether oxygens (including phenoxy) is 2. The summed E-state index contributed by atoms with van der Waals surface area (Å²) in [5.41, 5.74) is 5.00. The third-order valence-corrected chi connectivity index (χ3v) is 2.94. The molecular formula is C15H21N3O5. The molecule has 0 aromatic heterocycles. The van der Waals surface area contributed by atoms with Crippen molar-refractivity contribution < 1.29 is 23.9 Å². The molecule has 8 heteroatoms. The lowest BCUT2D eigenvalue weighted by atomic mass is 10.0. The minimum absolute atomic E-state index is 0.00116. The third-order valence-electron chi connectivity index (χ3n) is 2.94. The first-order valence-electron chi connectivity index (χ1n) is 6.82. The van der Waals surface area contributed by atoms with Crippen molar-refractivity contribution in [2.75, 3.05) is 19.5 Å². The van der Waals surface area contributed by atoms with Gasteiger partial charge in [-0.05, 0) is 32.0 Å². The Morgan fingerprint density at radius 1 is 1.22 bits per heavy atom. The second-order valence-electron chi connectivity index (χ2n) is 5.51. The number of benzene rings is 1. The Bertz CT molecular complexity index is 613. The van der Waals surface area contributed by atoms with Gasteiger partial charge in [-0.3, -0.25) is 4.79 Å². The molecule has 3 amide bonds. The molecule has 1 rings (SSSR count). The van der Waals surface area contributed by atoms with Crippen LogP contribution in [0.3, 0.4) is 0 Å². The molecule has 1 aromatic carbocycles. The molecule has 0 heterocycles. The van der Waals surface area contributed by atoms with Crippen molar-refractivity contribution in [3.05, 3.63) is 23.8 Å². The summed E-state index contributed by atoms with van der Waals surface area (Å²) in [7, 11) is 2.69. The summed E-state index contributed by atoms with van der Waals surface area (Å²) in [5, 5.41) is 5.23. The van der Waals surface area contributed by atoms with Crippen LogP contribution in [0.5, 0.6) is 5.75 Å². The summed E-state index contributed by atoms with van der Waals surface area (Å²) in [6, 6.07) is 3.95. The number of methoxy groups -OCH3 is 2.